The standard InChI is InChI=1S/C22H26N4O5S.ClH/c1-13-9-14(2)20-16(10-13)23-22(32-20)25(8-7-24(3)4)21(27)15-11-18(30-5)19(31-6)12-17(15)26(28)29;/h9-12H,7-8H2,1-6H3;1H. The van der Waals surface area contributed by atoms with Crippen molar-refractivity contribution in [3.05, 3.63) is 51.1 Å². The third kappa shape index (κ3) is 5.52. The molecule has 1 heterocycles. The fraction of sp³-hybridized carbons (Fsp3) is 0.364. The van der Waals surface area contributed by atoms with Gasteiger partial charge in [-0.3, -0.25) is 19.8 Å². The summed E-state index contributed by atoms with van der Waals surface area (Å²) in [7, 11) is 6.60. The molecular weight excluding hydrogens is 468 g/mol. The van der Waals surface area contributed by atoms with Crippen molar-refractivity contribution in [1.82, 2.24) is 9.88 Å². The Labute approximate surface area is 202 Å². The molecule has 178 valence electrons. The number of likely N-dealkylation sites (N-methyl/N-ethyl adjacent to an activating group) is 1. The van der Waals surface area contributed by atoms with E-state index < -0.39 is 10.8 Å². The Morgan fingerprint density at radius 1 is 1.09 bits per heavy atom. The summed E-state index contributed by atoms with van der Waals surface area (Å²) in [5, 5.41) is 12.2. The Balaban J connectivity index is 0.00000385. The average molecular weight is 495 g/mol. The summed E-state index contributed by atoms with van der Waals surface area (Å²) in [5.41, 5.74) is 2.51. The third-order valence-corrected chi connectivity index (χ3v) is 6.21. The van der Waals surface area contributed by atoms with Crippen LogP contribution in [0.15, 0.2) is 24.3 Å². The number of amides is 1. The third-order valence-electron chi connectivity index (χ3n) is 4.98. The molecule has 0 spiro atoms. The van der Waals surface area contributed by atoms with Gasteiger partial charge < -0.3 is 14.4 Å². The summed E-state index contributed by atoms with van der Waals surface area (Å²) in [5.74, 6) is -0.0978. The van der Waals surface area contributed by atoms with Crippen LogP contribution in [0.4, 0.5) is 10.8 Å². The molecule has 0 saturated heterocycles. The molecule has 0 bridgehead atoms. The van der Waals surface area contributed by atoms with Crippen molar-refractivity contribution in [2.45, 2.75) is 13.8 Å². The molecule has 9 nitrogen and oxygen atoms in total. The Bertz CT molecular complexity index is 1180. The number of aromatic nitrogens is 1. The highest BCUT2D eigenvalue weighted by molar-refractivity contribution is 7.22. The number of hydrogen-bond donors (Lipinski definition) is 0. The van der Waals surface area contributed by atoms with E-state index in [2.05, 4.69) is 11.1 Å². The number of rotatable bonds is 8. The molecule has 0 aliphatic carbocycles. The molecule has 11 heteroatoms. The quantitative estimate of drug-likeness (QED) is 0.336. The predicted octanol–water partition coefficient (Wildman–Crippen LogP) is 4.47. The van der Waals surface area contributed by atoms with Gasteiger partial charge in [0.2, 0.25) is 0 Å². The molecule has 0 radical (unpaired) electrons. The van der Waals surface area contributed by atoms with Crippen LogP contribution in [0.1, 0.15) is 21.5 Å². The minimum Gasteiger partial charge on any atom is -0.493 e. The average Bonchev–Trinajstić information content (AvgIpc) is 3.16. The number of carbonyl (C=O) groups is 1. The van der Waals surface area contributed by atoms with E-state index >= 15 is 0 Å². The lowest BCUT2D eigenvalue weighted by Crippen LogP contribution is -2.37. The first-order valence-electron chi connectivity index (χ1n) is 9.91. The van der Waals surface area contributed by atoms with Crippen LogP contribution in [0.5, 0.6) is 11.5 Å². The number of ether oxygens (including phenoxy) is 2. The molecule has 0 atom stereocenters. The van der Waals surface area contributed by atoms with Gasteiger partial charge in [-0.25, -0.2) is 4.98 Å². The second-order valence-corrected chi connectivity index (χ2v) is 8.65. The second kappa shape index (κ2) is 10.8. The van der Waals surface area contributed by atoms with E-state index in [0.29, 0.717) is 18.2 Å². The van der Waals surface area contributed by atoms with Crippen LogP contribution < -0.4 is 14.4 Å². The summed E-state index contributed by atoms with van der Waals surface area (Å²) in [6, 6.07) is 6.60. The molecule has 2 aromatic carbocycles. The van der Waals surface area contributed by atoms with E-state index in [9.17, 15) is 14.9 Å². The Morgan fingerprint density at radius 2 is 1.73 bits per heavy atom. The van der Waals surface area contributed by atoms with Crippen molar-refractivity contribution in [2.75, 3.05) is 46.3 Å². The first-order valence-corrected chi connectivity index (χ1v) is 10.7. The van der Waals surface area contributed by atoms with Gasteiger partial charge in [-0.15, -0.1) is 12.4 Å². The van der Waals surface area contributed by atoms with Crippen molar-refractivity contribution in [3.8, 4) is 11.5 Å². The molecule has 33 heavy (non-hydrogen) atoms. The zero-order valence-electron chi connectivity index (χ0n) is 19.4. The predicted molar refractivity (Wildman–Crippen MR) is 133 cm³/mol. The molecule has 3 aromatic rings. The van der Waals surface area contributed by atoms with Crippen LogP contribution in [-0.2, 0) is 0 Å². The summed E-state index contributed by atoms with van der Waals surface area (Å²) in [6.45, 7) is 4.87. The minimum absolute atomic E-state index is 0. The number of carbonyl (C=O) groups excluding carboxylic acids is 1. The van der Waals surface area contributed by atoms with Crippen molar-refractivity contribution in [3.63, 3.8) is 0 Å². The number of nitrogens with zero attached hydrogens (tertiary/aromatic N) is 4. The van der Waals surface area contributed by atoms with Crippen LogP contribution in [0, 0.1) is 24.0 Å². The summed E-state index contributed by atoms with van der Waals surface area (Å²) in [6.07, 6.45) is 0. The van der Waals surface area contributed by atoms with Crippen LogP contribution in [0.2, 0.25) is 0 Å². The molecule has 0 fully saturated rings. The number of nitro groups is 1. The lowest BCUT2D eigenvalue weighted by Gasteiger charge is -2.22. The number of halogens is 1. The monoisotopic (exact) mass is 494 g/mol. The van der Waals surface area contributed by atoms with E-state index in [1.807, 2.05) is 38.9 Å². The summed E-state index contributed by atoms with van der Waals surface area (Å²) in [4.78, 5) is 32.9. The van der Waals surface area contributed by atoms with Gasteiger partial charge in [-0.05, 0) is 45.1 Å². The smallest absolute Gasteiger partial charge is 0.286 e. The number of anilines is 1. The van der Waals surface area contributed by atoms with E-state index in [-0.39, 0.29) is 35.2 Å². The molecule has 1 aromatic heterocycles. The number of nitro benzene ring substituents is 1. The van der Waals surface area contributed by atoms with Crippen LogP contribution in [0.25, 0.3) is 10.2 Å². The SMILES string of the molecule is COc1cc(C(=O)N(CCN(C)C)c2nc3cc(C)cc(C)c3s2)c([N+](=O)[O-])cc1OC.Cl. The number of methoxy groups -OCH3 is 2. The maximum Gasteiger partial charge on any atom is 0.286 e. The fourth-order valence-electron chi connectivity index (χ4n) is 3.40. The highest BCUT2D eigenvalue weighted by atomic mass is 35.5. The Kier molecular flexibility index (Phi) is 8.59. The topological polar surface area (TPSA) is 98.0 Å². The van der Waals surface area contributed by atoms with Crippen molar-refractivity contribution < 1.29 is 19.2 Å². The number of aryl methyl sites for hydroxylation is 2. The van der Waals surface area contributed by atoms with E-state index in [0.717, 1.165) is 21.3 Å². The number of fused-ring (bicyclic) bond motifs is 1. The van der Waals surface area contributed by atoms with Crippen molar-refractivity contribution in [2.24, 2.45) is 0 Å². The highest BCUT2D eigenvalue weighted by Gasteiger charge is 2.30. The van der Waals surface area contributed by atoms with Gasteiger partial charge in [-0.1, -0.05) is 17.4 Å². The van der Waals surface area contributed by atoms with E-state index in [1.54, 1.807) is 0 Å². The van der Waals surface area contributed by atoms with Crippen LogP contribution in [-0.4, -0.2) is 62.1 Å². The Morgan fingerprint density at radius 3 is 2.30 bits per heavy atom. The molecule has 3 rings (SSSR count). The van der Waals surface area contributed by atoms with Gasteiger partial charge in [0.05, 0.1) is 35.4 Å². The first kappa shape index (κ1) is 26.3. The summed E-state index contributed by atoms with van der Waals surface area (Å²) < 4.78 is 11.4. The van der Waals surface area contributed by atoms with Gasteiger partial charge in [0.25, 0.3) is 11.6 Å². The summed E-state index contributed by atoms with van der Waals surface area (Å²) >= 11 is 1.40. The van der Waals surface area contributed by atoms with Gasteiger partial charge in [0, 0.05) is 19.2 Å². The molecule has 0 N–H and O–H groups in total. The molecule has 0 aliphatic heterocycles. The van der Waals surface area contributed by atoms with Gasteiger partial charge in [0.15, 0.2) is 16.6 Å². The maximum absolute atomic E-state index is 13.7. The number of thiazole rings is 1. The van der Waals surface area contributed by atoms with Crippen molar-refractivity contribution in [1.29, 1.82) is 0 Å². The molecule has 0 saturated carbocycles. The molecular formula is C22H27ClN4O5S. The minimum atomic E-state index is -0.592. The highest BCUT2D eigenvalue weighted by Crippen LogP contribution is 2.37. The zero-order valence-corrected chi connectivity index (χ0v) is 21.0. The molecule has 0 aliphatic rings. The van der Waals surface area contributed by atoms with Crippen molar-refractivity contribution >= 4 is 50.7 Å². The first-order chi connectivity index (χ1) is 15.2. The number of hydrogen-bond acceptors (Lipinski definition) is 8. The van der Waals surface area contributed by atoms with Crippen LogP contribution in [0.3, 0.4) is 0 Å². The maximum atomic E-state index is 13.7. The fourth-order valence-corrected chi connectivity index (χ4v) is 4.44. The lowest BCUT2D eigenvalue weighted by atomic mass is 10.1. The van der Waals surface area contributed by atoms with Gasteiger partial charge in [0.1, 0.15) is 5.56 Å². The second-order valence-electron chi connectivity index (χ2n) is 7.67. The van der Waals surface area contributed by atoms with Gasteiger partial charge in [-0.2, -0.15) is 0 Å². The normalized spacial score (nSPS) is 10.8. The largest absolute Gasteiger partial charge is 0.493 e. The molecule has 1 amide bonds. The van der Waals surface area contributed by atoms with Crippen LogP contribution >= 0.6 is 23.7 Å². The molecule has 0 unspecified atom stereocenters. The van der Waals surface area contributed by atoms with Gasteiger partial charge >= 0.3 is 0 Å². The van der Waals surface area contributed by atoms with E-state index in [1.165, 1.54) is 42.6 Å². The number of benzene rings is 2. The lowest BCUT2D eigenvalue weighted by molar-refractivity contribution is -0.385. The Hall–Kier alpha value is -2.95. The zero-order chi connectivity index (χ0) is 23.6. The van der Waals surface area contributed by atoms with E-state index in [4.69, 9.17) is 9.47 Å².